The first-order valence-corrected chi connectivity index (χ1v) is 6.60. The normalized spacial score (nSPS) is 17.4. The molecule has 1 aliphatic rings. The number of nitrogens with two attached hydrogens (primary N) is 1. The van der Waals surface area contributed by atoms with Crippen LogP contribution in [0.3, 0.4) is 0 Å². The van der Waals surface area contributed by atoms with Crippen molar-refractivity contribution < 1.29 is 14.4 Å². The molecule has 1 aromatic carbocycles. The van der Waals surface area contributed by atoms with Gasteiger partial charge in [-0.2, -0.15) is 0 Å². The van der Waals surface area contributed by atoms with Gasteiger partial charge >= 0.3 is 0 Å². The number of rotatable bonds is 4. The molecule has 0 saturated heterocycles. The average molecular weight is 279 g/mol. The molecule has 0 bridgehead atoms. The zero-order chi connectivity index (χ0) is 14.8. The van der Waals surface area contributed by atoms with Crippen molar-refractivity contribution in [2.45, 2.75) is 26.2 Å². The van der Waals surface area contributed by atoms with E-state index >= 15 is 0 Å². The Labute approximate surface area is 116 Å². The first kappa shape index (κ1) is 14.3. The summed E-state index contributed by atoms with van der Waals surface area (Å²) in [7, 11) is 0. The van der Waals surface area contributed by atoms with Crippen LogP contribution in [0.5, 0.6) is 0 Å². The van der Waals surface area contributed by atoms with Crippen LogP contribution in [0.1, 0.15) is 26.2 Å². The van der Waals surface area contributed by atoms with Crippen molar-refractivity contribution in [3.63, 3.8) is 0 Å². The van der Waals surface area contributed by atoms with E-state index in [1.54, 1.807) is 19.1 Å². The highest BCUT2D eigenvalue weighted by Crippen LogP contribution is 2.43. The first-order chi connectivity index (χ1) is 9.55. The largest absolute Gasteiger partial charge is 0.409 e. The van der Waals surface area contributed by atoms with Crippen molar-refractivity contribution >= 4 is 17.4 Å². The highest BCUT2D eigenvalue weighted by molar-refractivity contribution is 6.13. The second kappa shape index (κ2) is 5.48. The maximum Gasteiger partial charge on any atom is 0.240 e. The van der Waals surface area contributed by atoms with E-state index < -0.39 is 11.2 Å². The van der Waals surface area contributed by atoms with E-state index in [1.807, 2.05) is 0 Å². The fraction of sp³-hybridized carbons (Fsp3) is 0.429. The molecular weight excluding hydrogens is 261 g/mol. The standard InChI is InChI=1S/C14H18FN3O2/c1-2-18(11-6-3-5-10(15)9-11)13(19)14(7-4-8-14)12(16)17-20/h3,5-6,9,20H,2,4,7-8H2,1H3,(H2,16,17). The summed E-state index contributed by atoms with van der Waals surface area (Å²) in [4.78, 5) is 14.2. The molecule has 0 aliphatic heterocycles. The summed E-state index contributed by atoms with van der Waals surface area (Å²) in [6.07, 6.45) is 1.95. The maximum absolute atomic E-state index is 13.3. The van der Waals surface area contributed by atoms with E-state index in [0.717, 1.165) is 6.42 Å². The Balaban J connectivity index is 2.34. The zero-order valence-corrected chi connectivity index (χ0v) is 11.3. The van der Waals surface area contributed by atoms with Crippen molar-refractivity contribution in [1.29, 1.82) is 0 Å². The average Bonchev–Trinajstić information content (AvgIpc) is 2.38. The van der Waals surface area contributed by atoms with Gasteiger partial charge in [0.2, 0.25) is 5.91 Å². The van der Waals surface area contributed by atoms with Crippen molar-refractivity contribution in [2.24, 2.45) is 16.3 Å². The lowest BCUT2D eigenvalue weighted by molar-refractivity contribution is -0.128. The summed E-state index contributed by atoms with van der Waals surface area (Å²) in [5.41, 5.74) is 5.23. The molecular formula is C14H18FN3O2. The van der Waals surface area contributed by atoms with Crippen LogP contribution in [0.15, 0.2) is 29.4 Å². The number of halogens is 1. The SMILES string of the molecule is CCN(C(=O)C1(/C(N)=N/O)CCC1)c1cccc(F)c1. The number of hydrogen-bond donors (Lipinski definition) is 2. The number of hydrogen-bond acceptors (Lipinski definition) is 3. The van der Waals surface area contributed by atoms with Crippen molar-refractivity contribution in [3.8, 4) is 0 Å². The number of carbonyl (C=O) groups is 1. The summed E-state index contributed by atoms with van der Waals surface area (Å²) >= 11 is 0. The second-order valence-electron chi connectivity index (χ2n) is 4.95. The van der Waals surface area contributed by atoms with Crippen LogP contribution in [-0.4, -0.2) is 23.5 Å². The van der Waals surface area contributed by atoms with Gasteiger partial charge < -0.3 is 15.8 Å². The fourth-order valence-electron chi connectivity index (χ4n) is 2.55. The minimum absolute atomic E-state index is 0.0661. The van der Waals surface area contributed by atoms with E-state index in [9.17, 15) is 9.18 Å². The van der Waals surface area contributed by atoms with Crippen LogP contribution in [0.4, 0.5) is 10.1 Å². The summed E-state index contributed by atoms with van der Waals surface area (Å²) < 4.78 is 13.3. The third-order valence-electron chi connectivity index (χ3n) is 3.90. The topological polar surface area (TPSA) is 78.9 Å². The summed E-state index contributed by atoms with van der Waals surface area (Å²) in [6.45, 7) is 2.20. The van der Waals surface area contributed by atoms with Gasteiger partial charge in [-0.25, -0.2) is 4.39 Å². The van der Waals surface area contributed by atoms with E-state index in [0.29, 0.717) is 25.1 Å². The fourth-order valence-corrected chi connectivity index (χ4v) is 2.55. The lowest BCUT2D eigenvalue weighted by Crippen LogP contribution is -2.55. The Hall–Kier alpha value is -2.11. The molecule has 1 aromatic rings. The Bertz CT molecular complexity index is 541. The Morgan fingerprint density at radius 2 is 2.25 bits per heavy atom. The van der Waals surface area contributed by atoms with Crippen LogP contribution >= 0.6 is 0 Å². The zero-order valence-electron chi connectivity index (χ0n) is 11.3. The van der Waals surface area contributed by atoms with Gasteiger partial charge in [-0.1, -0.05) is 17.6 Å². The van der Waals surface area contributed by atoms with Gasteiger partial charge in [-0.3, -0.25) is 4.79 Å². The van der Waals surface area contributed by atoms with Gasteiger partial charge in [0.25, 0.3) is 0 Å². The molecule has 1 amide bonds. The molecule has 5 nitrogen and oxygen atoms in total. The maximum atomic E-state index is 13.3. The molecule has 0 spiro atoms. The molecule has 1 fully saturated rings. The molecule has 0 aromatic heterocycles. The molecule has 108 valence electrons. The summed E-state index contributed by atoms with van der Waals surface area (Å²) in [5, 5.41) is 11.9. The summed E-state index contributed by atoms with van der Waals surface area (Å²) in [5.74, 6) is -0.712. The van der Waals surface area contributed by atoms with Gasteiger partial charge in [0.05, 0.1) is 0 Å². The van der Waals surface area contributed by atoms with E-state index in [4.69, 9.17) is 10.9 Å². The predicted molar refractivity (Wildman–Crippen MR) is 74.1 cm³/mol. The second-order valence-corrected chi connectivity index (χ2v) is 4.95. The van der Waals surface area contributed by atoms with E-state index in [-0.39, 0.29) is 11.7 Å². The molecule has 1 aliphatic carbocycles. The van der Waals surface area contributed by atoms with E-state index in [2.05, 4.69) is 5.16 Å². The van der Waals surface area contributed by atoms with Crippen LogP contribution in [0.25, 0.3) is 0 Å². The molecule has 0 unspecified atom stereocenters. The molecule has 3 N–H and O–H groups in total. The minimum atomic E-state index is -0.947. The smallest absolute Gasteiger partial charge is 0.240 e. The number of benzene rings is 1. The van der Waals surface area contributed by atoms with Crippen LogP contribution in [-0.2, 0) is 4.79 Å². The number of oxime groups is 1. The van der Waals surface area contributed by atoms with Gasteiger partial charge in [-0.15, -0.1) is 0 Å². The van der Waals surface area contributed by atoms with Crippen LogP contribution in [0.2, 0.25) is 0 Å². The number of anilines is 1. The highest BCUT2D eigenvalue weighted by atomic mass is 19.1. The third-order valence-corrected chi connectivity index (χ3v) is 3.90. The first-order valence-electron chi connectivity index (χ1n) is 6.60. The predicted octanol–water partition coefficient (Wildman–Crippen LogP) is 2.10. The van der Waals surface area contributed by atoms with Crippen LogP contribution < -0.4 is 10.6 Å². The molecule has 6 heteroatoms. The molecule has 20 heavy (non-hydrogen) atoms. The van der Waals surface area contributed by atoms with Gasteiger partial charge in [-0.05, 0) is 38.0 Å². The monoisotopic (exact) mass is 279 g/mol. The molecule has 0 radical (unpaired) electrons. The van der Waals surface area contributed by atoms with Crippen molar-refractivity contribution in [1.82, 2.24) is 0 Å². The minimum Gasteiger partial charge on any atom is -0.409 e. The van der Waals surface area contributed by atoms with Gasteiger partial charge in [0.15, 0.2) is 5.84 Å². The molecule has 1 saturated carbocycles. The highest BCUT2D eigenvalue weighted by Gasteiger charge is 2.50. The van der Waals surface area contributed by atoms with Crippen molar-refractivity contribution in [3.05, 3.63) is 30.1 Å². The lowest BCUT2D eigenvalue weighted by atomic mass is 9.66. The number of nitrogens with zero attached hydrogens (tertiary/aromatic N) is 2. The van der Waals surface area contributed by atoms with Crippen molar-refractivity contribution in [2.75, 3.05) is 11.4 Å². The van der Waals surface area contributed by atoms with Crippen LogP contribution in [0, 0.1) is 11.2 Å². The quantitative estimate of drug-likeness (QED) is 0.383. The van der Waals surface area contributed by atoms with Gasteiger partial charge in [0, 0.05) is 12.2 Å². The lowest BCUT2D eigenvalue weighted by Gasteiger charge is -2.42. The molecule has 0 atom stereocenters. The Morgan fingerprint density at radius 1 is 1.55 bits per heavy atom. The molecule has 2 rings (SSSR count). The number of carbonyl (C=O) groups excluding carboxylic acids is 1. The van der Waals surface area contributed by atoms with E-state index in [1.165, 1.54) is 17.0 Å². The third kappa shape index (κ3) is 2.21. The summed E-state index contributed by atoms with van der Waals surface area (Å²) in [6, 6.07) is 5.85. The Kier molecular flexibility index (Phi) is 3.92. The van der Waals surface area contributed by atoms with Gasteiger partial charge in [0.1, 0.15) is 11.2 Å². The molecule has 0 heterocycles. The Morgan fingerprint density at radius 3 is 2.70 bits per heavy atom. The number of amides is 1. The number of amidine groups is 1.